The van der Waals surface area contributed by atoms with Crippen molar-refractivity contribution >= 4 is 16.9 Å². The first-order valence-corrected chi connectivity index (χ1v) is 6.39. The first kappa shape index (κ1) is 13.5. The Balaban J connectivity index is 1.90. The molecule has 19 heavy (non-hydrogen) atoms. The molecule has 0 bridgehead atoms. The molecule has 0 aliphatic heterocycles. The fourth-order valence-electron chi connectivity index (χ4n) is 2.05. The maximum atomic E-state index is 11.8. The lowest BCUT2D eigenvalue weighted by Gasteiger charge is -2.12. The Bertz CT molecular complexity index is 550. The summed E-state index contributed by atoms with van der Waals surface area (Å²) in [6.07, 6.45) is 2.21. The Kier molecular flexibility index (Phi) is 4.52. The highest BCUT2D eigenvalue weighted by molar-refractivity contribution is 5.77. The van der Waals surface area contributed by atoms with Crippen LogP contribution in [0.4, 0.5) is 0 Å². The number of ether oxygens (including phenoxy) is 1. The van der Waals surface area contributed by atoms with E-state index in [-0.39, 0.29) is 11.9 Å². The van der Waals surface area contributed by atoms with Crippen molar-refractivity contribution in [1.29, 1.82) is 0 Å². The lowest BCUT2D eigenvalue weighted by atomic mass is 10.3. The molecular formula is C14H19N3O2. The second-order valence-electron chi connectivity index (χ2n) is 4.60. The van der Waals surface area contributed by atoms with Crippen LogP contribution >= 0.6 is 0 Å². The molecule has 1 N–H and O–H groups in total. The quantitative estimate of drug-likeness (QED) is 0.859. The maximum absolute atomic E-state index is 11.8. The molecule has 0 fully saturated rings. The SMILES string of the molecule is COC[C@H](C)NC(=O)CCn1cnc2ccccc21. The van der Waals surface area contributed by atoms with Gasteiger partial charge in [-0.15, -0.1) is 0 Å². The van der Waals surface area contributed by atoms with Crippen LogP contribution < -0.4 is 5.32 Å². The first-order valence-electron chi connectivity index (χ1n) is 6.39. The van der Waals surface area contributed by atoms with Crippen molar-refractivity contribution in [3.63, 3.8) is 0 Å². The average molecular weight is 261 g/mol. The number of amides is 1. The number of rotatable bonds is 6. The Morgan fingerprint density at radius 2 is 2.26 bits per heavy atom. The lowest BCUT2D eigenvalue weighted by molar-refractivity contribution is -0.122. The second-order valence-corrected chi connectivity index (χ2v) is 4.60. The number of benzene rings is 1. The van der Waals surface area contributed by atoms with Gasteiger partial charge in [-0.3, -0.25) is 4.79 Å². The molecule has 1 atom stereocenters. The number of fused-ring (bicyclic) bond motifs is 1. The topological polar surface area (TPSA) is 56.1 Å². The third kappa shape index (κ3) is 3.54. The molecule has 0 radical (unpaired) electrons. The van der Waals surface area contributed by atoms with Crippen molar-refractivity contribution in [2.75, 3.05) is 13.7 Å². The summed E-state index contributed by atoms with van der Waals surface area (Å²) < 4.78 is 6.98. The van der Waals surface area contributed by atoms with E-state index in [9.17, 15) is 4.79 Å². The molecular weight excluding hydrogens is 242 g/mol. The highest BCUT2D eigenvalue weighted by Gasteiger charge is 2.08. The van der Waals surface area contributed by atoms with Crippen molar-refractivity contribution in [1.82, 2.24) is 14.9 Å². The third-order valence-electron chi connectivity index (χ3n) is 2.93. The molecule has 0 aliphatic carbocycles. The predicted molar refractivity (Wildman–Crippen MR) is 73.8 cm³/mol. The standard InChI is InChI=1S/C14H19N3O2/c1-11(9-19-2)16-14(18)7-8-17-10-15-12-5-3-4-6-13(12)17/h3-6,10-11H,7-9H2,1-2H3,(H,16,18)/t11-/m0/s1. The Hall–Kier alpha value is -1.88. The van der Waals surface area contributed by atoms with Gasteiger partial charge in [0.1, 0.15) is 0 Å². The van der Waals surface area contributed by atoms with Crippen molar-refractivity contribution in [2.24, 2.45) is 0 Å². The second kappa shape index (κ2) is 6.33. The van der Waals surface area contributed by atoms with Gasteiger partial charge in [0, 0.05) is 26.1 Å². The van der Waals surface area contributed by atoms with Crippen LogP contribution in [0.25, 0.3) is 11.0 Å². The number of imidazole rings is 1. The van der Waals surface area contributed by atoms with E-state index >= 15 is 0 Å². The fourth-order valence-corrected chi connectivity index (χ4v) is 2.05. The van der Waals surface area contributed by atoms with E-state index in [0.717, 1.165) is 11.0 Å². The van der Waals surface area contributed by atoms with Crippen LogP contribution in [0.15, 0.2) is 30.6 Å². The summed E-state index contributed by atoms with van der Waals surface area (Å²) >= 11 is 0. The van der Waals surface area contributed by atoms with Crippen LogP contribution in [0.1, 0.15) is 13.3 Å². The summed E-state index contributed by atoms with van der Waals surface area (Å²) in [6, 6.07) is 7.94. The Morgan fingerprint density at radius 3 is 3.05 bits per heavy atom. The molecule has 1 aromatic carbocycles. The van der Waals surface area contributed by atoms with Gasteiger partial charge in [0.15, 0.2) is 0 Å². The van der Waals surface area contributed by atoms with E-state index in [0.29, 0.717) is 19.6 Å². The summed E-state index contributed by atoms with van der Waals surface area (Å²) in [6.45, 7) is 3.08. The highest BCUT2D eigenvalue weighted by atomic mass is 16.5. The van der Waals surface area contributed by atoms with Gasteiger partial charge in [-0.05, 0) is 19.1 Å². The predicted octanol–water partition coefficient (Wildman–Crippen LogP) is 1.58. The zero-order valence-corrected chi connectivity index (χ0v) is 11.3. The molecule has 0 spiro atoms. The zero-order valence-electron chi connectivity index (χ0n) is 11.3. The van der Waals surface area contributed by atoms with Crippen LogP contribution in [0.3, 0.4) is 0 Å². The smallest absolute Gasteiger partial charge is 0.222 e. The van der Waals surface area contributed by atoms with E-state index in [2.05, 4.69) is 10.3 Å². The summed E-state index contributed by atoms with van der Waals surface area (Å²) in [5.41, 5.74) is 2.01. The fraction of sp³-hybridized carbons (Fsp3) is 0.429. The van der Waals surface area contributed by atoms with Crippen LogP contribution in [-0.4, -0.2) is 35.2 Å². The van der Waals surface area contributed by atoms with Crippen molar-refractivity contribution < 1.29 is 9.53 Å². The summed E-state index contributed by atoms with van der Waals surface area (Å²) in [4.78, 5) is 16.1. The first-order chi connectivity index (χ1) is 9.20. The lowest BCUT2D eigenvalue weighted by Crippen LogP contribution is -2.35. The third-order valence-corrected chi connectivity index (χ3v) is 2.93. The number of hydrogen-bond acceptors (Lipinski definition) is 3. The number of hydrogen-bond donors (Lipinski definition) is 1. The summed E-state index contributed by atoms with van der Waals surface area (Å²) in [5.74, 6) is 0.0299. The number of aromatic nitrogens is 2. The maximum Gasteiger partial charge on any atom is 0.222 e. The molecule has 0 saturated heterocycles. The normalized spacial score (nSPS) is 12.5. The summed E-state index contributed by atoms with van der Waals surface area (Å²) in [7, 11) is 1.63. The molecule has 0 aliphatic rings. The van der Waals surface area contributed by atoms with Crippen LogP contribution in [-0.2, 0) is 16.1 Å². The number of nitrogens with zero attached hydrogens (tertiary/aromatic N) is 2. The summed E-state index contributed by atoms with van der Waals surface area (Å²) in [5, 5.41) is 2.89. The van der Waals surface area contributed by atoms with Gasteiger partial charge in [-0.1, -0.05) is 12.1 Å². The molecule has 5 heteroatoms. The molecule has 5 nitrogen and oxygen atoms in total. The van der Waals surface area contributed by atoms with Crippen molar-refractivity contribution in [2.45, 2.75) is 25.9 Å². The molecule has 0 unspecified atom stereocenters. The zero-order chi connectivity index (χ0) is 13.7. The van der Waals surface area contributed by atoms with E-state index < -0.39 is 0 Å². The number of methoxy groups -OCH3 is 1. The van der Waals surface area contributed by atoms with E-state index in [1.165, 1.54) is 0 Å². The van der Waals surface area contributed by atoms with Crippen LogP contribution in [0.2, 0.25) is 0 Å². The number of nitrogens with one attached hydrogen (secondary N) is 1. The minimum atomic E-state index is 0.0299. The minimum Gasteiger partial charge on any atom is -0.383 e. The van der Waals surface area contributed by atoms with Gasteiger partial charge in [0.25, 0.3) is 0 Å². The number of para-hydroxylation sites is 2. The number of carbonyl (C=O) groups excluding carboxylic acids is 1. The van der Waals surface area contributed by atoms with Crippen LogP contribution in [0, 0.1) is 0 Å². The molecule has 1 amide bonds. The molecule has 102 valence electrons. The number of aryl methyl sites for hydroxylation is 1. The van der Waals surface area contributed by atoms with Gasteiger partial charge in [0.05, 0.1) is 24.0 Å². The highest BCUT2D eigenvalue weighted by Crippen LogP contribution is 2.11. The van der Waals surface area contributed by atoms with Gasteiger partial charge in [0.2, 0.25) is 5.91 Å². The van der Waals surface area contributed by atoms with Gasteiger partial charge >= 0.3 is 0 Å². The average Bonchev–Trinajstić information content (AvgIpc) is 2.80. The molecule has 2 aromatic rings. The molecule has 2 rings (SSSR count). The molecule has 1 heterocycles. The van der Waals surface area contributed by atoms with E-state index in [4.69, 9.17) is 4.74 Å². The monoisotopic (exact) mass is 261 g/mol. The minimum absolute atomic E-state index is 0.0299. The van der Waals surface area contributed by atoms with Gasteiger partial charge in [-0.2, -0.15) is 0 Å². The van der Waals surface area contributed by atoms with E-state index in [1.54, 1.807) is 13.4 Å². The molecule has 1 aromatic heterocycles. The Labute approximate surface area is 112 Å². The Morgan fingerprint density at radius 1 is 1.47 bits per heavy atom. The van der Waals surface area contributed by atoms with Gasteiger partial charge < -0.3 is 14.6 Å². The molecule has 0 saturated carbocycles. The van der Waals surface area contributed by atoms with Crippen molar-refractivity contribution in [3.8, 4) is 0 Å². The largest absolute Gasteiger partial charge is 0.383 e. The number of carbonyl (C=O) groups is 1. The van der Waals surface area contributed by atoms with Crippen LogP contribution in [0.5, 0.6) is 0 Å². The van der Waals surface area contributed by atoms with E-state index in [1.807, 2.05) is 35.8 Å². The van der Waals surface area contributed by atoms with Gasteiger partial charge in [-0.25, -0.2) is 4.98 Å². The van der Waals surface area contributed by atoms with Crippen molar-refractivity contribution in [3.05, 3.63) is 30.6 Å².